The third kappa shape index (κ3) is 1.93. The van der Waals surface area contributed by atoms with Gasteiger partial charge in [0, 0.05) is 12.2 Å². The molecule has 0 radical (unpaired) electrons. The van der Waals surface area contributed by atoms with Crippen LogP contribution in [0.3, 0.4) is 0 Å². The molecule has 0 N–H and O–H groups in total. The van der Waals surface area contributed by atoms with Gasteiger partial charge in [0.2, 0.25) is 0 Å². The summed E-state index contributed by atoms with van der Waals surface area (Å²) in [6.07, 6.45) is 5.23. The van der Waals surface area contributed by atoms with Crippen molar-refractivity contribution in [1.82, 2.24) is 0 Å². The van der Waals surface area contributed by atoms with Gasteiger partial charge in [-0.25, -0.2) is 4.79 Å². The van der Waals surface area contributed by atoms with E-state index in [4.69, 9.17) is 9.47 Å². The quantitative estimate of drug-likeness (QED) is 0.529. The molecule has 1 saturated carbocycles. The van der Waals surface area contributed by atoms with Gasteiger partial charge in [-0.15, -0.1) is 0 Å². The van der Waals surface area contributed by atoms with E-state index in [0.29, 0.717) is 5.57 Å². The smallest absolute Gasteiger partial charge is 0.333 e. The molecule has 0 spiro atoms. The number of ether oxygens (including phenoxy) is 2. The lowest BCUT2D eigenvalue weighted by Gasteiger charge is -2.44. The maximum atomic E-state index is 11.5. The third-order valence-corrected chi connectivity index (χ3v) is 3.36. The number of carbonyl (C=O) groups is 1. The maximum absolute atomic E-state index is 11.5. The molecule has 3 heteroatoms. The van der Waals surface area contributed by atoms with Gasteiger partial charge in [0.15, 0.2) is 0 Å². The normalized spacial score (nSPS) is 28.2. The van der Waals surface area contributed by atoms with Gasteiger partial charge >= 0.3 is 5.97 Å². The van der Waals surface area contributed by atoms with Crippen molar-refractivity contribution in [2.24, 2.45) is 0 Å². The van der Waals surface area contributed by atoms with Gasteiger partial charge in [0.1, 0.15) is 5.60 Å². The molecule has 1 heterocycles. The highest BCUT2D eigenvalue weighted by Crippen LogP contribution is 2.43. The Morgan fingerprint density at radius 2 is 2.20 bits per heavy atom. The molecule has 84 valence electrons. The van der Waals surface area contributed by atoms with E-state index in [1.54, 1.807) is 6.92 Å². The Morgan fingerprint density at radius 1 is 1.47 bits per heavy atom. The highest BCUT2D eigenvalue weighted by atomic mass is 16.6. The van der Waals surface area contributed by atoms with Crippen molar-refractivity contribution < 1.29 is 14.3 Å². The monoisotopic (exact) mass is 210 g/mol. The van der Waals surface area contributed by atoms with E-state index in [1.165, 1.54) is 0 Å². The summed E-state index contributed by atoms with van der Waals surface area (Å²) in [6, 6.07) is 0. The van der Waals surface area contributed by atoms with E-state index < -0.39 is 0 Å². The standard InChI is InChI=1S/C12H18O3/c1-9(2)11(13)15-12(6-4-7-12)10-5-3-8-14-10/h10H,1,3-8H2,2H3. The molecule has 2 fully saturated rings. The number of hydrogen-bond donors (Lipinski definition) is 0. The molecule has 1 saturated heterocycles. The van der Waals surface area contributed by atoms with Crippen molar-refractivity contribution in [2.75, 3.05) is 6.61 Å². The summed E-state index contributed by atoms with van der Waals surface area (Å²) in [7, 11) is 0. The topological polar surface area (TPSA) is 35.5 Å². The molecule has 2 rings (SSSR count). The first-order valence-corrected chi connectivity index (χ1v) is 5.64. The fourth-order valence-electron chi connectivity index (χ4n) is 2.28. The zero-order valence-corrected chi connectivity index (χ0v) is 9.25. The van der Waals surface area contributed by atoms with Crippen molar-refractivity contribution in [3.8, 4) is 0 Å². The van der Waals surface area contributed by atoms with Gasteiger partial charge < -0.3 is 9.47 Å². The molecular formula is C12H18O3. The molecule has 1 atom stereocenters. The molecule has 0 bridgehead atoms. The minimum absolute atomic E-state index is 0.120. The van der Waals surface area contributed by atoms with Crippen LogP contribution in [0, 0.1) is 0 Å². The molecule has 0 aromatic rings. The molecule has 0 amide bonds. The molecule has 0 aromatic heterocycles. The first kappa shape index (κ1) is 10.7. The van der Waals surface area contributed by atoms with Crippen LogP contribution < -0.4 is 0 Å². The van der Waals surface area contributed by atoms with E-state index in [-0.39, 0.29) is 17.7 Å². The van der Waals surface area contributed by atoms with Crippen LogP contribution in [-0.4, -0.2) is 24.3 Å². The van der Waals surface area contributed by atoms with Crippen LogP contribution in [0.5, 0.6) is 0 Å². The molecule has 1 aliphatic carbocycles. The van der Waals surface area contributed by atoms with E-state index in [0.717, 1.165) is 38.7 Å². The first-order chi connectivity index (χ1) is 7.14. The minimum atomic E-state index is -0.327. The number of hydrogen-bond acceptors (Lipinski definition) is 3. The van der Waals surface area contributed by atoms with Crippen molar-refractivity contribution in [3.05, 3.63) is 12.2 Å². The first-order valence-electron chi connectivity index (χ1n) is 5.64. The Balaban J connectivity index is 2.01. The molecule has 0 aromatic carbocycles. The van der Waals surface area contributed by atoms with Crippen LogP contribution in [0.1, 0.15) is 39.0 Å². The lowest BCUT2D eigenvalue weighted by Crippen LogP contribution is -2.51. The van der Waals surface area contributed by atoms with Crippen molar-refractivity contribution in [2.45, 2.75) is 50.7 Å². The second kappa shape index (κ2) is 3.97. The zero-order valence-electron chi connectivity index (χ0n) is 9.25. The summed E-state index contributed by atoms with van der Waals surface area (Å²) in [5.41, 5.74) is 0.145. The Bertz CT molecular complexity index is 273. The van der Waals surface area contributed by atoms with E-state index >= 15 is 0 Å². The SMILES string of the molecule is C=C(C)C(=O)OC1(C2CCCO2)CCC1. The average molecular weight is 210 g/mol. The summed E-state index contributed by atoms with van der Waals surface area (Å²) < 4.78 is 11.2. The second-order valence-corrected chi connectivity index (χ2v) is 4.59. The number of rotatable bonds is 3. The van der Waals surface area contributed by atoms with E-state index in [2.05, 4.69) is 6.58 Å². The molecule has 2 aliphatic rings. The van der Waals surface area contributed by atoms with Crippen LogP contribution in [0.4, 0.5) is 0 Å². The summed E-state index contributed by atoms with van der Waals surface area (Å²) in [4.78, 5) is 11.5. The van der Waals surface area contributed by atoms with Crippen molar-refractivity contribution >= 4 is 5.97 Å². The van der Waals surface area contributed by atoms with E-state index in [1.807, 2.05) is 0 Å². The molecule has 15 heavy (non-hydrogen) atoms. The Kier molecular flexibility index (Phi) is 2.83. The second-order valence-electron chi connectivity index (χ2n) is 4.59. The van der Waals surface area contributed by atoms with Gasteiger partial charge in [0.05, 0.1) is 6.10 Å². The van der Waals surface area contributed by atoms with Crippen LogP contribution in [0.25, 0.3) is 0 Å². The third-order valence-electron chi connectivity index (χ3n) is 3.36. The molecule has 1 unspecified atom stereocenters. The summed E-state index contributed by atoms with van der Waals surface area (Å²) in [5, 5.41) is 0. The van der Waals surface area contributed by atoms with Crippen LogP contribution in [0.15, 0.2) is 12.2 Å². The minimum Gasteiger partial charge on any atom is -0.453 e. The Labute approximate surface area is 90.4 Å². The lowest BCUT2D eigenvalue weighted by atomic mass is 9.75. The van der Waals surface area contributed by atoms with Gasteiger partial charge in [0.25, 0.3) is 0 Å². The molecular weight excluding hydrogens is 192 g/mol. The fraction of sp³-hybridized carbons (Fsp3) is 0.750. The number of carbonyl (C=O) groups excluding carboxylic acids is 1. The largest absolute Gasteiger partial charge is 0.453 e. The number of esters is 1. The highest BCUT2D eigenvalue weighted by molar-refractivity contribution is 5.87. The van der Waals surface area contributed by atoms with Crippen LogP contribution >= 0.6 is 0 Å². The van der Waals surface area contributed by atoms with Gasteiger partial charge in [-0.3, -0.25) is 0 Å². The Hall–Kier alpha value is -0.830. The van der Waals surface area contributed by atoms with Gasteiger partial charge in [-0.1, -0.05) is 6.58 Å². The highest BCUT2D eigenvalue weighted by Gasteiger charge is 2.49. The summed E-state index contributed by atoms with van der Waals surface area (Å²) in [6.45, 7) is 6.10. The average Bonchev–Trinajstić information content (AvgIpc) is 2.63. The summed E-state index contributed by atoms with van der Waals surface area (Å²) in [5.74, 6) is -0.273. The predicted molar refractivity (Wildman–Crippen MR) is 56.5 cm³/mol. The van der Waals surface area contributed by atoms with Crippen LogP contribution in [-0.2, 0) is 14.3 Å². The molecule has 3 nitrogen and oxygen atoms in total. The van der Waals surface area contributed by atoms with Gasteiger partial charge in [-0.05, 0) is 39.0 Å². The molecule has 1 aliphatic heterocycles. The van der Waals surface area contributed by atoms with Crippen molar-refractivity contribution in [3.63, 3.8) is 0 Å². The van der Waals surface area contributed by atoms with Gasteiger partial charge in [-0.2, -0.15) is 0 Å². The predicted octanol–water partition coefficient (Wildman–Crippen LogP) is 2.21. The van der Waals surface area contributed by atoms with Crippen LogP contribution in [0.2, 0.25) is 0 Å². The zero-order chi connectivity index (χ0) is 10.9. The fourth-order valence-corrected chi connectivity index (χ4v) is 2.28. The van der Waals surface area contributed by atoms with E-state index in [9.17, 15) is 4.79 Å². The van der Waals surface area contributed by atoms with Crippen molar-refractivity contribution in [1.29, 1.82) is 0 Å². The Morgan fingerprint density at radius 3 is 2.60 bits per heavy atom. The maximum Gasteiger partial charge on any atom is 0.333 e. The summed E-state index contributed by atoms with van der Waals surface area (Å²) >= 11 is 0. The lowest BCUT2D eigenvalue weighted by molar-refractivity contribution is -0.187.